The summed E-state index contributed by atoms with van der Waals surface area (Å²) in [7, 11) is 0. The average Bonchev–Trinajstić information content (AvgIpc) is 2.48. The van der Waals surface area contributed by atoms with Crippen LogP contribution in [-0.2, 0) is 16.0 Å². The van der Waals surface area contributed by atoms with Crippen molar-refractivity contribution in [3.63, 3.8) is 0 Å². The molecule has 2 aliphatic carbocycles. The van der Waals surface area contributed by atoms with Gasteiger partial charge in [0.05, 0.1) is 12.0 Å². The quantitative estimate of drug-likeness (QED) is 0.760. The van der Waals surface area contributed by atoms with Crippen LogP contribution in [0.25, 0.3) is 5.57 Å². The number of hydrogen-bond donors (Lipinski definition) is 0. The van der Waals surface area contributed by atoms with Crippen molar-refractivity contribution in [2.75, 3.05) is 6.61 Å². The van der Waals surface area contributed by atoms with Crippen molar-refractivity contribution < 1.29 is 9.53 Å². The first-order valence-corrected chi connectivity index (χ1v) is 7.32. The smallest absolute Gasteiger partial charge is 0.316 e. The number of carbonyl (C=O) groups is 1. The molecule has 0 radical (unpaired) electrons. The van der Waals surface area contributed by atoms with Crippen molar-refractivity contribution in [3.05, 3.63) is 53.1 Å². The Bertz CT molecular complexity index is 610. The van der Waals surface area contributed by atoms with Gasteiger partial charge in [-0.15, -0.1) is 0 Å². The SMILES string of the molecule is CCOC(=O)C12CCC=CC1=C(C)c1ccccc1C2. The lowest BCUT2D eigenvalue weighted by atomic mass is 9.63. The molecule has 0 fully saturated rings. The van der Waals surface area contributed by atoms with Gasteiger partial charge in [-0.25, -0.2) is 0 Å². The molecule has 0 bridgehead atoms. The molecule has 2 aliphatic rings. The van der Waals surface area contributed by atoms with E-state index in [1.165, 1.54) is 16.7 Å². The first-order valence-electron chi connectivity index (χ1n) is 7.32. The van der Waals surface area contributed by atoms with Crippen molar-refractivity contribution in [2.45, 2.75) is 33.1 Å². The van der Waals surface area contributed by atoms with E-state index in [4.69, 9.17) is 4.74 Å². The largest absolute Gasteiger partial charge is 0.465 e. The van der Waals surface area contributed by atoms with Gasteiger partial charge in [-0.05, 0) is 55.4 Å². The number of fused-ring (bicyclic) bond motifs is 2. The zero-order valence-corrected chi connectivity index (χ0v) is 12.1. The summed E-state index contributed by atoms with van der Waals surface area (Å²) >= 11 is 0. The van der Waals surface area contributed by atoms with Crippen LogP contribution in [0, 0.1) is 5.41 Å². The lowest BCUT2D eigenvalue weighted by Gasteiger charge is -2.40. The molecule has 104 valence electrons. The Kier molecular flexibility index (Phi) is 3.25. The van der Waals surface area contributed by atoms with Crippen molar-refractivity contribution in [1.82, 2.24) is 0 Å². The fourth-order valence-electron chi connectivity index (χ4n) is 3.56. The van der Waals surface area contributed by atoms with Gasteiger partial charge in [0.1, 0.15) is 0 Å². The topological polar surface area (TPSA) is 26.3 Å². The summed E-state index contributed by atoms with van der Waals surface area (Å²) in [6.45, 7) is 4.44. The first kappa shape index (κ1) is 13.2. The van der Waals surface area contributed by atoms with Crippen LogP contribution in [-0.4, -0.2) is 12.6 Å². The molecule has 0 spiro atoms. The van der Waals surface area contributed by atoms with E-state index >= 15 is 0 Å². The summed E-state index contributed by atoms with van der Waals surface area (Å²) in [5.74, 6) is -0.0618. The summed E-state index contributed by atoms with van der Waals surface area (Å²) < 4.78 is 5.40. The molecule has 3 rings (SSSR count). The van der Waals surface area contributed by atoms with Crippen LogP contribution in [0.5, 0.6) is 0 Å². The van der Waals surface area contributed by atoms with Crippen molar-refractivity contribution in [3.8, 4) is 0 Å². The Morgan fingerprint density at radius 2 is 2.15 bits per heavy atom. The molecule has 0 aliphatic heterocycles. The second-order valence-corrected chi connectivity index (χ2v) is 5.62. The highest BCUT2D eigenvalue weighted by molar-refractivity contribution is 5.90. The molecule has 0 amide bonds. The number of esters is 1. The molecular formula is C18H20O2. The number of allylic oxidation sites excluding steroid dienone is 3. The van der Waals surface area contributed by atoms with E-state index in [1.54, 1.807) is 0 Å². The maximum absolute atomic E-state index is 12.6. The van der Waals surface area contributed by atoms with Crippen LogP contribution < -0.4 is 0 Å². The third-order valence-electron chi connectivity index (χ3n) is 4.52. The first-order chi connectivity index (χ1) is 9.69. The summed E-state index contributed by atoms with van der Waals surface area (Å²) in [6, 6.07) is 8.39. The van der Waals surface area contributed by atoms with Crippen molar-refractivity contribution in [1.29, 1.82) is 0 Å². The van der Waals surface area contributed by atoms with Gasteiger partial charge in [0, 0.05) is 0 Å². The Hall–Kier alpha value is -1.83. The second-order valence-electron chi connectivity index (χ2n) is 5.62. The zero-order chi connectivity index (χ0) is 14.2. The molecule has 1 unspecified atom stereocenters. The monoisotopic (exact) mass is 268 g/mol. The van der Waals surface area contributed by atoms with E-state index in [1.807, 2.05) is 6.92 Å². The minimum Gasteiger partial charge on any atom is -0.465 e. The highest BCUT2D eigenvalue weighted by atomic mass is 16.5. The van der Waals surface area contributed by atoms with Crippen LogP contribution in [0.4, 0.5) is 0 Å². The standard InChI is InChI=1S/C18H20O2/c1-3-20-17(19)18-11-7-6-10-16(18)13(2)15-9-5-4-8-14(15)12-18/h4-6,8-10H,3,7,11-12H2,1-2H3. The van der Waals surface area contributed by atoms with E-state index in [9.17, 15) is 4.79 Å². The van der Waals surface area contributed by atoms with E-state index in [-0.39, 0.29) is 5.97 Å². The second kappa shape index (κ2) is 4.93. The molecule has 0 heterocycles. The number of carbonyl (C=O) groups excluding carboxylic acids is 1. The molecule has 0 N–H and O–H groups in total. The third kappa shape index (κ3) is 1.82. The predicted octanol–water partition coefficient (Wildman–Crippen LogP) is 3.92. The van der Waals surface area contributed by atoms with Crippen molar-refractivity contribution in [2.24, 2.45) is 5.41 Å². The number of benzene rings is 1. The molecular weight excluding hydrogens is 248 g/mol. The lowest BCUT2D eigenvalue weighted by Crippen LogP contribution is -2.40. The molecule has 1 atom stereocenters. The summed E-state index contributed by atoms with van der Waals surface area (Å²) in [5.41, 5.74) is 4.44. The molecule has 20 heavy (non-hydrogen) atoms. The highest BCUT2D eigenvalue weighted by Crippen LogP contribution is 2.49. The average molecular weight is 268 g/mol. The van der Waals surface area contributed by atoms with Crippen LogP contribution in [0.3, 0.4) is 0 Å². The van der Waals surface area contributed by atoms with Gasteiger partial charge in [-0.1, -0.05) is 36.4 Å². The fraction of sp³-hybridized carbons (Fsp3) is 0.389. The van der Waals surface area contributed by atoms with Gasteiger partial charge in [-0.3, -0.25) is 4.79 Å². The van der Waals surface area contributed by atoms with Gasteiger partial charge < -0.3 is 4.74 Å². The van der Waals surface area contributed by atoms with E-state index in [0.717, 1.165) is 24.8 Å². The normalized spacial score (nSPS) is 24.1. The number of ether oxygens (including phenoxy) is 1. The minimum absolute atomic E-state index is 0.0618. The van der Waals surface area contributed by atoms with Crippen LogP contribution >= 0.6 is 0 Å². The van der Waals surface area contributed by atoms with Gasteiger partial charge >= 0.3 is 5.97 Å². The third-order valence-corrected chi connectivity index (χ3v) is 4.52. The van der Waals surface area contributed by atoms with Gasteiger partial charge in [0.2, 0.25) is 0 Å². The van der Waals surface area contributed by atoms with E-state index < -0.39 is 5.41 Å². The Morgan fingerprint density at radius 1 is 1.35 bits per heavy atom. The number of hydrogen-bond acceptors (Lipinski definition) is 2. The zero-order valence-electron chi connectivity index (χ0n) is 12.1. The minimum atomic E-state index is -0.469. The molecule has 1 aromatic rings. The van der Waals surface area contributed by atoms with Crippen molar-refractivity contribution >= 4 is 11.5 Å². The number of rotatable bonds is 2. The summed E-state index contributed by atoms with van der Waals surface area (Å²) in [5, 5.41) is 0. The predicted molar refractivity (Wildman–Crippen MR) is 80.2 cm³/mol. The van der Waals surface area contributed by atoms with Gasteiger partial charge in [0.25, 0.3) is 0 Å². The van der Waals surface area contributed by atoms with Gasteiger partial charge in [-0.2, -0.15) is 0 Å². The van der Waals surface area contributed by atoms with Gasteiger partial charge in [0.15, 0.2) is 0 Å². The Balaban J connectivity index is 2.18. The fourth-order valence-corrected chi connectivity index (χ4v) is 3.56. The summed E-state index contributed by atoms with van der Waals surface area (Å²) in [4.78, 5) is 12.6. The van der Waals surface area contributed by atoms with E-state index in [0.29, 0.717) is 6.61 Å². The highest BCUT2D eigenvalue weighted by Gasteiger charge is 2.46. The molecule has 0 saturated carbocycles. The maximum Gasteiger partial charge on any atom is 0.316 e. The van der Waals surface area contributed by atoms with Crippen LogP contribution in [0.2, 0.25) is 0 Å². The lowest BCUT2D eigenvalue weighted by molar-refractivity contribution is -0.153. The Morgan fingerprint density at radius 3 is 2.95 bits per heavy atom. The van der Waals surface area contributed by atoms with Crippen LogP contribution in [0.1, 0.15) is 37.8 Å². The molecule has 0 saturated heterocycles. The molecule has 1 aromatic carbocycles. The van der Waals surface area contributed by atoms with Crippen LogP contribution in [0.15, 0.2) is 42.0 Å². The summed E-state index contributed by atoms with van der Waals surface area (Å²) in [6.07, 6.45) is 6.86. The Labute approximate surface area is 120 Å². The molecule has 2 nitrogen and oxygen atoms in total. The van der Waals surface area contributed by atoms with E-state index in [2.05, 4.69) is 43.3 Å². The molecule has 0 aromatic heterocycles. The molecule has 2 heteroatoms. The maximum atomic E-state index is 12.6.